The summed E-state index contributed by atoms with van der Waals surface area (Å²) in [7, 11) is 0. The van der Waals surface area contributed by atoms with Crippen LogP contribution in [0.4, 0.5) is 0 Å². The highest BCUT2D eigenvalue weighted by Gasteiger charge is 2.29. The molecule has 18 heavy (non-hydrogen) atoms. The van der Waals surface area contributed by atoms with Gasteiger partial charge in [0.25, 0.3) is 0 Å². The van der Waals surface area contributed by atoms with Gasteiger partial charge in [-0.15, -0.1) is 0 Å². The Hall–Kier alpha value is -1.75. The van der Waals surface area contributed by atoms with Gasteiger partial charge in [0.15, 0.2) is 11.5 Å². The molecule has 0 heterocycles. The van der Waals surface area contributed by atoms with Crippen LogP contribution in [-0.4, -0.2) is 29.8 Å². The Morgan fingerprint density at radius 1 is 1.33 bits per heavy atom. The molecule has 0 aromatic heterocycles. The van der Waals surface area contributed by atoms with Crippen LogP contribution in [0.15, 0.2) is 24.3 Å². The number of ether oxygens (including phenoxy) is 2. The molecule has 0 bridgehead atoms. The number of carboxylic acids is 1. The van der Waals surface area contributed by atoms with E-state index in [1.165, 1.54) is 6.92 Å². The number of nitrogens with two attached hydrogens (primary N) is 1. The Morgan fingerprint density at radius 2 is 1.89 bits per heavy atom. The predicted molar refractivity (Wildman–Crippen MR) is 68.0 cm³/mol. The third-order valence-electron chi connectivity index (χ3n) is 2.33. The van der Waals surface area contributed by atoms with E-state index in [0.29, 0.717) is 18.1 Å². The molecule has 0 aliphatic rings. The maximum atomic E-state index is 10.9. The fourth-order valence-electron chi connectivity index (χ4n) is 1.19. The van der Waals surface area contributed by atoms with Crippen molar-refractivity contribution in [3.05, 3.63) is 24.3 Å². The van der Waals surface area contributed by atoms with Gasteiger partial charge in [0.05, 0.1) is 6.61 Å². The Bertz CT molecular complexity index is 404. The molecule has 0 spiro atoms. The van der Waals surface area contributed by atoms with E-state index in [4.69, 9.17) is 20.3 Å². The number of rotatable bonds is 7. The topological polar surface area (TPSA) is 81.8 Å². The lowest BCUT2D eigenvalue weighted by Crippen LogP contribution is -2.49. The summed E-state index contributed by atoms with van der Waals surface area (Å²) in [6.45, 7) is 3.88. The van der Waals surface area contributed by atoms with Crippen molar-refractivity contribution in [1.82, 2.24) is 0 Å². The number of hydrogen-bond acceptors (Lipinski definition) is 4. The fraction of sp³-hybridized carbons (Fsp3) is 0.462. The third kappa shape index (κ3) is 3.92. The van der Waals surface area contributed by atoms with Crippen molar-refractivity contribution in [1.29, 1.82) is 0 Å². The van der Waals surface area contributed by atoms with Crippen LogP contribution in [-0.2, 0) is 4.79 Å². The molecule has 5 nitrogen and oxygen atoms in total. The third-order valence-corrected chi connectivity index (χ3v) is 2.33. The average molecular weight is 253 g/mol. The molecule has 0 amide bonds. The first-order valence-corrected chi connectivity index (χ1v) is 5.84. The van der Waals surface area contributed by atoms with Crippen molar-refractivity contribution in [2.45, 2.75) is 25.8 Å². The van der Waals surface area contributed by atoms with Gasteiger partial charge in [0.1, 0.15) is 12.1 Å². The first kappa shape index (κ1) is 14.3. The van der Waals surface area contributed by atoms with Gasteiger partial charge in [-0.05, 0) is 25.5 Å². The maximum absolute atomic E-state index is 10.9. The molecule has 1 rings (SSSR count). The molecule has 0 saturated heterocycles. The molecule has 0 aliphatic carbocycles. The minimum absolute atomic E-state index is 0.116. The predicted octanol–water partition coefficient (Wildman–Crippen LogP) is 1.66. The largest absolute Gasteiger partial charge is 0.490 e. The summed E-state index contributed by atoms with van der Waals surface area (Å²) in [4.78, 5) is 10.9. The zero-order valence-electron chi connectivity index (χ0n) is 10.7. The summed E-state index contributed by atoms with van der Waals surface area (Å²) in [5.41, 5.74) is 4.17. The zero-order chi connectivity index (χ0) is 13.6. The van der Waals surface area contributed by atoms with Crippen molar-refractivity contribution < 1.29 is 19.4 Å². The van der Waals surface area contributed by atoms with Gasteiger partial charge in [0, 0.05) is 0 Å². The van der Waals surface area contributed by atoms with Gasteiger partial charge in [-0.1, -0.05) is 19.1 Å². The smallest absolute Gasteiger partial charge is 0.326 e. The first-order valence-electron chi connectivity index (χ1n) is 5.84. The lowest BCUT2D eigenvalue weighted by atomic mass is 10.1. The quantitative estimate of drug-likeness (QED) is 0.772. The molecule has 0 saturated carbocycles. The van der Waals surface area contributed by atoms with Crippen LogP contribution in [0.2, 0.25) is 0 Å². The maximum Gasteiger partial charge on any atom is 0.326 e. The summed E-state index contributed by atoms with van der Waals surface area (Å²) in [5, 5.41) is 8.89. The number of benzene rings is 1. The molecule has 0 fully saturated rings. The van der Waals surface area contributed by atoms with Gasteiger partial charge >= 0.3 is 5.97 Å². The molecule has 5 heteroatoms. The number of carbonyl (C=O) groups is 1. The van der Waals surface area contributed by atoms with E-state index in [9.17, 15) is 4.79 Å². The van der Waals surface area contributed by atoms with Gasteiger partial charge in [-0.25, -0.2) is 0 Å². The molecule has 3 N–H and O–H groups in total. The summed E-state index contributed by atoms with van der Waals surface area (Å²) in [6.07, 6.45) is 0.887. The monoisotopic (exact) mass is 253 g/mol. The van der Waals surface area contributed by atoms with Crippen molar-refractivity contribution in [2.24, 2.45) is 5.73 Å². The minimum atomic E-state index is -1.42. The van der Waals surface area contributed by atoms with Crippen LogP contribution in [0.3, 0.4) is 0 Å². The van der Waals surface area contributed by atoms with E-state index >= 15 is 0 Å². The van der Waals surface area contributed by atoms with E-state index < -0.39 is 11.5 Å². The van der Waals surface area contributed by atoms with Crippen molar-refractivity contribution >= 4 is 5.97 Å². The van der Waals surface area contributed by atoms with E-state index in [1.54, 1.807) is 18.2 Å². The summed E-state index contributed by atoms with van der Waals surface area (Å²) < 4.78 is 10.9. The molecule has 1 aromatic rings. The van der Waals surface area contributed by atoms with Crippen molar-refractivity contribution in [3.63, 3.8) is 0 Å². The highest BCUT2D eigenvalue weighted by atomic mass is 16.5. The van der Waals surface area contributed by atoms with E-state index in [0.717, 1.165) is 6.42 Å². The van der Waals surface area contributed by atoms with E-state index in [-0.39, 0.29) is 6.61 Å². The zero-order valence-corrected chi connectivity index (χ0v) is 10.7. The second-order valence-electron chi connectivity index (χ2n) is 4.31. The van der Waals surface area contributed by atoms with Crippen LogP contribution >= 0.6 is 0 Å². The first-order chi connectivity index (χ1) is 8.47. The Labute approximate surface area is 107 Å². The Kier molecular flexibility index (Phi) is 4.97. The molecular weight excluding hydrogens is 234 g/mol. The second kappa shape index (κ2) is 6.26. The van der Waals surface area contributed by atoms with Crippen molar-refractivity contribution in [3.8, 4) is 11.5 Å². The second-order valence-corrected chi connectivity index (χ2v) is 4.31. The standard InChI is InChI=1S/C13H19NO4/c1-3-8-17-10-6-4-5-7-11(10)18-9-13(2,14)12(15)16/h4-7H,3,8-9,14H2,1-2H3,(H,15,16). The van der Waals surface area contributed by atoms with Crippen LogP contribution in [0.25, 0.3) is 0 Å². The number of hydrogen-bond donors (Lipinski definition) is 2. The lowest BCUT2D eigenvalue weighted by molar-refractivity contribution is -0.143. The molecule has 0 radical (unpaired) electrons. The number of para-hydroxylation sites is 2. The van der Waals surface area contributed by atoms with Crippen molar-refractivity contribution in [2.75, 3.05) is 13.2 Å². The lowest BCUT2D eigenvalue weighted by Gasteiger charge is -2.20. The molecule has 0 aliphatic heterocycles. The summed E-state index contributed by atoms with van der Waals surface area (Å²) in [5.74, 6) is -0.00104. The van der Waals surface area contributed by atoms with Gasteiger partial charge < -0.3 is 20.3 Å². The number of aliphatic carboxylic acids is 1. The normalized spacial score (nSPS) is 13.7. The fourth-order valence-corrected chi connectivity index (χ4v) is 1.19. The summed E-state index contributed by atoms with van der Waals surface area (Å²) >= 11 is 0. The van der Waals surface area contributed by atoms with Crippen LogP contribution in [0.1, 0.15) is 20.3 Å². The SMILES string of the molecule is CCCOc1ccccc1OCC(C)(N)C(=O)O. The molecule has 100 valence electrons. The van der Waals surface area contributed by atoms with Gasteiger partial charge in [-0.3, -0.25) is 4.79 Å². The molecule has 1 atom stereocenters. The summed E-state index contributed by atoms with van der Waals surface area (Å²) in [6, 6.07) is 7.13. The Balaban J connectivity index is 2.69. The Morgan fingerprint density at radius 3 is 2.39 bits per heavy atom. The van der Waals surface area contributed by atoms with Gasteiger partial charge in [0.2, 0.25) is 0 Å². The minimum Gasteiger partial charge on any atom is -0.490 e. The average Bonchev–Trinajstić information content (AvgIpc) is 2.34. The highest BCUT2D eigenvalue weighted by Crippen LogP contribution is 2.27. The van der Waals surface area contributed by atoms with Crippen LogP contribution in [0, 0.1) is 0 Å². The van der Waals surface area contributed by atoms with Crippen LogP contribution in [0.5, 0.6) is 11.5 Å². The van der Waals surface area contributed by atoms with E-state index in [2.05, 4.69) is 0 Å². The van der Waals surface area contributed by atoms with Crippen LogP contribution < -0.4 is 15.2 Å². The molecule has 1 aromatic carbocycles. The van der Waals surface area contributed by atoms with Gasteiger partial charge in [-0.2, -0.15) is 0 Å². The highest BCUT2D eigenvalue weighted by molar-refractivity contribution is 5.78. The number of carboxylic acid groups (broad SMARTS) is 1. The molecule has 1 unspecified atom stereocenters. The van der Waals surface area contributed by atoms with E-state index in [1.807, 2.05) is 13.0 Å². The molecular formula is C13H19NO4.